The lowest BCUT2D eigenvalue weighted by atomic mass is 9.92. The molecule has 0 saturated carbocycles. The third-order valence-corrected chi connectivity index (χ3v) is 4.75. The van der Waals surface area contributed by atoms with Crippen molar-refractivity contribution in [1.82, 2.24) is 4.90 Å². The second-order valence-corrected chi connectivity index (χ2v) is 6.11. The smallest absolute Gasteiger partial charge is 0.226 e. The number of aryl methyl sites for hydroxylation is 1. The number of rotatable bonds is 2. The normalized spacial score (nSPS) is 25.9. The standard InChI is InChI=1S/C18H23NO/c1-14-7-5-6-10-17(14)16-11-12-19(13-16)18(20)15-8-3-2-4-9-15/h2-3,5-7,10,15-16H,4,8-9,11-13H2,1H3. The Labute approximate surface area is 121 Å². The van der Waals surface area contributed by atoms with Crippen LogP contribution < -0.4 is 0 Å². The van der Waals surface area contributed by atoms with Crippen molar-refractivity contribution in [3.8, 4) is 0 Å². The summed E-state index contributed by atoms with van der Waals surface area (Å²) in [5, 5.41) is 0. The maximum absolute atomic E-state index is 12.6. The first-order valence-electron chi connectivity index (χ1n) is 7.75. The van der Waals surface area contributed by atoms with E-state index in [0.29, 0.717) is 11.8 Å². The Bertz CT molecular complexity index is 520. The number of hydrogen-bond acceptors (Lipinski definition) is 1. The first-order valence-corrected chi connectivity index (χ1v) is 7.75. The minimum Gasteiger partial charge on any atom is -0.342 e. The Balaban J connectivity index is 1.66. The van der Waals surface area contributed by atoms with Gasteiger partial charge in [-0.2, -0.15) is 0 Å². The van der Waals surface area contributed by atoms with Gasteiger partial charge in [-0.05, 0) is 43.7 Å². The number of benzene rings is 1. The van der Waals surface area contributed by atoms with E-state index in [0.717, 1.165) is 38.8 Å². The molecule has 1 amide bonds. The van der Waals surface area contributed by atoms with Crippen molar-refractivity contribution in [2.75, 3.05) is 13.1 Å². The predicted molar refractivity (Wildman–Crippen MR) is 81.6 cm³/mol. The highest BCUT2D eigenvalue weighted by Gasteiger charge is 2.31. The summed E-state index contributed by atoms with van der Waals surface area (Å²) in [6.07, 6.45) is 8.50. The van der Waals surface area contributed by atoms with Crippen LogP contribution in [0.1, 0.15) is 42.7 Å². The first-order chi connectivity index (χ1) is 9.75. The van der Waals surface area contributed by atoms with Gasteiger partial charge in [-0.3, -0.25) is 4.79 Å². The summed E-state index contributed by atoms with van der Waals surface area (Å²) in [5.74, 6) is 1.14. The molecule has 1 saturated heterocycles. The Hall–Kier alpha value is -1.57. The summed E-state index contributed by atoms with van der Waals surface area (Å²) in [6, 6.07) is 8.59. The quantitative estimate of drug-likeness (QED) is 0.750. The number of hydrogen-bond donors (Lipinski definition) is 0. The van der Waals surface area contributed by atoms with Gasteiger partial charge in [0.15, 0.2) is 0 Å². The molecule has 1 aromatic rings. The maximum atomic E-state index is 12.6. The zero-order valence-corrected chi connectivity index (χ0v) is 12.2. The molecule has 106 valence electrons. The van der Waals surface area contributed by atoms with Gasteiger partial charge in [0.1, 0.15) is 0 Å². The zero-order valence-electron chi connectivity index (χ0n) is 12.2. The van der Waals surface area contributed by atoms with Crippen molar-refractivity contribution in [3.05, 3.63) is 47.5 Å². The third kappa shape index (κ3) is 2.65. The lowest BCUT2D eigenvalue weighted by Crippen LogP contribution is -2.34. The van der Waals surface area contributed by atoms with Crippen LogP contribution in [0, 0.1) is 12.8 Å². The molecule has 1 aliphatic heterocycles. The van der Waals surface area contributed by atoms with E-state index in [1.54, 1.807) is 0 Å². The van der Waals surface area contributed by atoms with Crippen LogP contribution in [0.15, 0.2) is 36.4 Å². The molecular formula is C18H23NO. The largest absolute Gasteiger partial charge is 0.342 e. The van der Waals surface area contributed by atoms with Crippen molar-refractivity contribution in [1.29, 1.82) is 0 Å². The van der Waals surface area contributed by atoms with Gasteiger partial charge in [0.05, 0.1) is 0 Å². The van der Waals surface area contributed by atoms with Gasteiger partial charge in [-0.25, -0.2) is 0 Å². The molecule has 0 spiro atoms. The summed E-state index contributed by atoms with van der Waals surface area (Å²) in [6.45, 7) is 4.01. The molecule has 0 aromatic heterocycles. The lowest BCUT2D eigenvalue weighted by Gasteiger charge is -2.24. The van der Waals surface area contributed by atoms with Gasteiger partial charge in [-0.15, -0.1) is 0 Å². The molecule has 2 nitrogen and oxygen atoms in total. The Morgan fingerprint density at radius 2 is 2.05 bits per heavy atom. The van der Waals surface area contributed by atoms with E-state index in [4.69, 9.17) is 0 Å². The van der Waals surface area contributed by atoms with Gasteiger partial charge < -0.3 is 4.90 Å². The van der Waals surface area contributed by atoms with Crippen molar-refractivity contribution in [3.63, 3.8) is 0 Å². The third-order valence-electron chi connectivity index (χ3n) is 4.75. The molecule has 2 unspecified atom stereocenters. The average Bonchev–Trinajstić information content (AvgIpc) is 2.97. The number of allylic oxidation sites excluding steroid dienone is 2. The van der Waals surface area contributed by atoms with Gasteiger partial charge in [0.25, 0.3) is 0 Å². The molecule has 20 heavy (non-hydrogen) atoms. The highest BCUT2D eigenvalue weighted by molar-refractivity contribution is 5.79. The molecule has 3 rings (SSSR count). The molecule has 1 fully saturated rings. The highest BCUT2D eigenvalue weighted by Crippen LogP contribution is 2.31. The van der Waals surface area contributed by atoms with Crippen LogP contribution in [-0.2, 0) is 4.79 Å². The van der Waals surface area contributed by atoms with E-state index < -0.39 is 0 Å². The van der Waals surface area contributed by atoms with Crippen LogP contribution in [0.2, 0.25) is 0 Å². The van der Waals surface area contributed by atoms with Crippen LogP contribution in [0.25, 0.3) is 0 Å². The van der Waals surface area contributed by atoms with Crippen LogP contribution in [0.4, 0.5) is 0 Å². The van der Waals surface area contributed by atoms with Gasteiger partial charge in [-0.1, -0.05) is 36.4 Å². The summed E-state index contributed by atoms with van der Waals surface area (Å²) < 4.78 is 0. The fraction of sp³-hybridized carbons (Fsp3) is 0.500. The van der Waals surface area contributed by atoms with Crippen molar-refractivity contribution >= 4 is 5.91 Å². The molecule has 2 atom stereocenters. The number of likely N-dealkylation sites (tertiary alicyclic amines) is 1. The molecule has 1 aromatic carbocycles. The Morgan fingerprint density at radius 3 is 2.80 bits per heavy atom. The average molecular weight is 269 g/mol. The molecule has 0 bridgehead atoms. The van der Waals surface area contributed by atoms with Crippen LogP contribution in [-0.4, -0.2) is 23.9 Å². The number of carbonyl (C=O) groups excluding carboxylic acids is 1. The van der Waals surface area contributed by atoms with E-state index in [-0.39, 0.29) is 5.92 Å². The monoisotopic (exact) mass is 269 g/mol. The molecule has 1 heterocycles. The maximum Gasteiger partial charge on any atom is 0.226 e. The fourth-order valence-corrected chi connectivity index (χ4v) is 3.54. The van der Waals surface area contributed by atoms with Crippen molar-refractivity contribution in [2.24, 2.45) is 5.92 Å². The highest BCUT2D eigenvalue weighted by atomic mass is 16.2. The minimum absolute atomic E-state index is 0.232. The molecule has 0 N–H and O–H groups in total. The Morgan fingerprint density at radius 1 is 1.20 bits per heavy atom. The zero-order chi connectivity index (χ0) is 13.9. The van der Waals surface area contributed by atoms with Gasteiger partial charge in [0.2, 0.25) is 5.91 Å². The van der Waals surface area contributed by atoms with Crippen molar-refractivity contribution in [2.45, 2.75) is 38.5 Å². The van der Waals surface area contributed by atoms with E-state index in [1.807, 2.05) is 0 Å². The van der Waals surface area contributed by atoms with E-state index in [1.165, 1.54) is 11.1 Å². The second kappa shape index (κ2) is 5.82. The second-order valence-electron chi connectivity index (χ2n) is 6.11. The van der Waals surface area contributed by atoms with Crippen LogP contribution in [0.5, 0.6) is 0 Å². The topological polar surface area (TPSA) is 20.3 Å². The van der Waals surface area contributed by atoms with Crippen LogP contribution >= 0.6 is 0 Å². The summed E-state index contributed by atoms with van der Waals surface area (Å²) in [4.78, 5) is 14.7. The SMILES string of the molecule is Cc1ccccc1C1CCN(C(=O)C2CC=CCC2)C1. The van der Waals surface area contributed by atoms with E-state index >= 15 is 0 Å². The van der Waals surface area contributed by atoms with Gasteiger partial charge >= 0.3 is 0 Å². The Kier molecular flexibility index (Phi) is 3.90. The number of carbonyl (C=O) groups is 1. The van der Waals surface area contributed by atoms with Crippen molar-refractivity contribution < 1.29 is 4.79 Å². The fourth-order valence-electron chi connectivity index (χ4n) is 3.54. The number of amides is 1. The minimum atomic E-state index is 0.232. The van der Waals surface area contributed by atoms with Crippen LogP contribution in [0.3, 0.4) is 0 Å². The number of nitrogens with zero attached hydrogens (tertiary/aromatic N) is 1. The molecule has 0 radical (unpaired) electrons. The molecule has 2 aliphatic rings. The summed E-state index contributed by atoms with van der Waals surface area (Å²) >= 11 is 0. The first kappa shape index (κ1) is 13.4. The van der Waals surface area contributed by atoms with E-state index in [2.05, 4.69) is 48.2 Å². The van der Waals surface area contributed by atoms with Gasteiger partial charge in [0, 0.05) is 24.9 Å². The van der Waals surface area contributed by atoms with E-state index in [9.17, 15) is 4.79 Å². The summed E-state index contributed by atoms with van der Waals surface area (Å²) in [5.41, 5.74) is 2.78. The molecular weight excluding hydrogens is 246 g/mol. The predicted octanol–water partition coefficient (Wildman–Crippen LogP) is 3.67. The molecule has 1 aliphatic carbocycles. The molecule has 2 heteroatoms. The summed E-state index contributed by atoms with van der Waals surface area (Å²) in [7, 11) is 0. The lowest BCUT2D eigenvalue weighted by molar-refractivity contribution is -0.134.